The SMILES string of the molecule is CC(CC(N)=NO)N(C)C(=O)NC1CCC1. The highest BCUT2D eigenvalue weighted by Crippen LogP contribution is 2.18. The highest BCUT2D eigenvalue weighted by atomic mass is 16.4. The van der Waals surface area contributed by atoms with E-state index in [4.69, 9.17) is 10.9 Å². The lowest BCUT2D eigenvalue weighted by molar-refractivity contribution is 0.183. The Kier molecular flexibility index (Phi) is 4.39. The number of amides is 2. The summed E-state index contributed by atoms with van der Waals surface area (Å²) in [6, 6.07) is 0.143. The zero-order valence-electron chi connectivity index (χ0n) is 9.81. The molecule has 0 radical (unpaired) electrons. The molecule has 6 heteroatoms. The van der Waals surface area contributed by atoms with Gasteiger partial charge < -0.3 is 21.2 Å². The number of nitrogens with zero attached hydrogens (tertiary/aromatic N) is 2. The quantitative estimate of drug-likeness (QED) is 0.286. The smallest absolute Gasteiger partial charge is 0.317 e. The zero-order valence-corrected chi connectivity index (χ0v) is 9.81. The first-order valence-electron chi connectivity index (χ1n) is 5.54. The predicted molar refractivity (Wildman–Crippen MR) is 61.4 cm³/mol. The molecule has 6 nitrogen and oxygen atoms in total. The summed E-state index contributed by atoms with van der Waals surface area (Å²) in [5, 5.41) is 14.3. The predicted octanol–water partition coefficient (Wildman–Crippen LogP) is 0.705. The number of carbonyl (C=O) groups is 1. The first kappa shape index (κ1) is 12.6. The third-order valence-corrected chi connectivity index (χ3v) is 3.05. The van der Waals surface area contributed by atoms with Crippen molar-refractivity contribution >= 4 is 11.9 Å². The van der Waals surface area contributed by atoms with Crippen molar-refractivity contribution in [3.8, 4) is 0 Å². The van der Waals surface area contributed by atoms with E-state index in [1.165, 1.54) is 6.42 Å². The van der Waals surface area contributed by atoms with Gasteiger partial charge in [0.2, 0.25) is 0 Å². The van der Waals surface area contributed by atoms with Gasteiger partial charge in [0.05, 0.1) is 0 Å². The highest BCUT2D eigenvalue weighted by molar-refractivity contribution is 5.81. The molecule has 92 valence electrons. The number of amidine groups is 1. The van der Waals surface area contributed by atoms with Crippen molar-refractivity contribution in [2.75, 3.05) is 7.05 Å². The average Bonchev–Trinajstić information content (AvgIpc) is 2.21. The van der Waals surface area contributed by atoms with Crippen LogP contribution < -0.4 is 11.1 Å². The summed E-state index contributed by atoms with van der Waals surface area (Å²) in [5.74, 6) is 0.135. The normalized spacial score (nSPS) is 18.8. The first-order valence-corrected chi connectivity index (χ1v) is 5.54. The molecular weight excluding hydrogens is 208 g/mol. The van der Waals surface area contributed by atoms with E-state index in [-0.39, 0.29) is 17.9 Å². The molecule has 16 heavy (non-hydrogen) atoms. The summed E-state index contributed by atoms with van der Waals surface area (Å²) in [6.07, 6.45) is 3.68. The van der Waals surface area contributed by atoms with E-state index in [9.17, 15) is 4.79 Å². The van der Waals surface area contributed by atoms with Gasteiger partial charge in [-0.15, -0.1) is 0 Å². The molecule has 0 aromatic rings. The second-order valence-electron chi connectivity index (χ2n) is 4.33. The molecule has 0 bridgehead atoms. The molecule has 2 amide bonds. The number of oxime groups is 1. The topological polar surface area (TPSA) is 91.0 Å². The first-order chi connectivity index (χ1) is 7.54. The Labute approximate surface area is 95.5 Å². The van der Waals surface area contributed by atoms with E-state index in [1.807, 2.05) is 6.92 Å². The maximum Gasteiger partial charge on any atom is 0.317 e. The van der Waals surface area contributed by atoms with Crippen LogP contribution in [0.5, 0.6) is 0 Å². The highest BCUT2D eigenvalue weighted by Gasteiger charge is 2.23. The number of nitrogens with one attached hydrogen (secondary N) is 1. The van der Waals surface area contributed by atoms with Crippen LogP contribution in [0.1, 0.15) is 32.6 Å². The second kappa shape index (κ2) is 5.58. The third kappa shape index (κ3) is 3.29. The average molecular weight is 228 g/mol. The van der Waals surface area contributed by atoms with Gasteiger partial charge in [0.15, 0.2) is 0 Å². The molecule has 0 aromatic heterocycles. The Balaban J connectivity index is 2.36. The van der Waals surface area contributed by atoms with E-state index < -0.39 is 0 Å². The molecule has 0 saturated heterocycles. The van der Waals surface area contributed by atoms with Gasteiger partial charge in [0.1, 0.15) is 5.84 Å². The Morgan fingerprint density at radius 1 is 1.69 bits per heavy atom. The van der Waals surface area contributed by atoms with E-state index in [2.05, 4.69) is 10.5 Å². The molecule has 0 aliphatic heterocycles. The third-order valence-electron chi connectivity index (χ3n) is 3.05. The van der Waals surface area contributed by atoms with Crippen molar-refractivity contribution in [2.45, 2.75) is 44.7 Å². The van der Waals surface area contributed by atoms with Gasteiger partial charge in [-0.3, -0.25) is 0 Å². The van der Waals surface area contributed by atoms with Crippen LogP contribution in [0.25, 0.3) is 0 Å². The largest absolute Gasteiger partial charge is 0.409 e. The van der Waals surface area contributed by atoms with Crippen molar-refractivity contribution in [1.29, 1.82) is 0 Å². The maximum absolute atomic E-state index is 11.7. The molecular formula is C10H20N4O2. The van der Waals surface area contributed by atoms with Crippen LogP contribution in [0.3, 0.4) is 0 Å². The summed E-state index contributed by atoms with van der Waals surface area (Å²) in [5.41, 5.74) is 5.39. The fourth-order valence-corrected chi connectivity index (χ4v) is 1.51. The molecule has 4 N–H and O–H groups in total. The summed E-state index contributed by atoms with van der Waals surface area (Å²) < 4.78 is 0. The van der Waals surface area contributed by atoms with Crippen LogP contribution >= 0.6 is 0 Å². The summed E-state index contributed by atoms with van der Waals surface area (Å²) in [4.78, 5) is 13.3. The van der Waals surface area contributed by atoms with Crippen LogP contribution in [-0.2, 0) is 0 Å². The van der Waals surface area contributed by atoms with E-state index in [1.54, 1.807) is 11.9 Å². The zero-order chi connectivity index (χ0) is 12.1. The van der Waals surface area contributed by atoms with E-state index >= 15 is 0 Å². The van der Waals surface area contributed by atoms with Gasteiger partial charge in [-0.05, 0) is 26.2 Å². The molecule has 0 heterocycles. The summed E-state index contributed by atoms with van der Waals surface area (Å²) >= 11 is 0. The van der Waals surface area contributed by atoms with Crippen LogP contribution in [-0.4, -0.2) is 41.1 Å². The van der Waals surface area contributed by atoms with Gasteiger partial charge >= 0.3 is 6.03 Å². The lowest BCUT2D eigenvalue weighted by atomic mass is 9.93. The van der Waals surface area contributed by atoms with Gasteiger partial charge in [0.25, 0.3) is 0 Å². The molecule has 1 unspecified atom stereocenters. The monoisotopic (exact) mass is 228 g/mol. The van der Waals surface area contributed by atoms with Crippen molar-refractivity contribution in [3.63, 3.8) is 0 Å². The fourth-order valence-electron chi connectivity index (χ4n) is 1.51. The van der Waals surface area contributed by atoms with Gasteiger partial charge in [0, 0.05) is 25.6 Å². The van der Waals surface area contributed by atoms with Crippen LogP contribution in [0.4, 0.5) is 4.79 Å². The van der Waals surface area contributed by atoms with Crippen LogP contribution in [0.15, 0.2) is 5.16 Å². The van der Waals surface area contributed by atoms with Crippen molar-refractivity contribution < 1.29 is 10.0 Å². The molecule has 1 aliphatic carbocycles. The fraction of sp³-hybridized carbons (Fsp3) is 0.800. The summed E-state index contributed by atoms with van der Waals surface area (Å²) in [6.45, 7) is 1.86. The Bertz CT molecular complexity index is 276. The standard InChI is InChI=1S/C10H20N4O2/c1-7(6-9(11)13-16)14(2)10(15)12-8-4-3-5-8/h7-8,16H,3-6H2,1-2H3,(H2,11,13)(H,12,15). The van der Waals surface area contributed by atoms with Crippen LogP contribution in [0.2, 0.25) is 0 Å². The molecule has 1 fully saturated rings. The number of urea groups is 1. The minimum Gasteiger partial charge on any atom is -0.409 e. The molecule has 1 aliphatic rings. The molecule has 0 spiro atoms. The van der Waals surface area contributed by atoms with Crippen LogP contribution in [0, 0.1) is 0 Å². The van der Waals surface area contributed by atoms with Gasteiger partial charge in [-0.2, -0.15) is 0 Å². The molecule has 1 saturated carbocycles. The van der Waals surface area contributed by atoms with E-state index in [0.717, 1.165) is 12.8 Å². The number of hydrogen-bond donors (Lipinski definition) is 3. The van der Waals surface area contributed by atoms with E-state index in [0.29, 0.717) is 12.5 Å². The minimum atomic E-state index is -0.0945. The maximum atomic E-state index is 11.7. The Morgan fingerprint density at radius 3 is 2.75 bits per heavy atom. The van der Waals surface area contributed by atoms with Gasteiger partial charge in [-0.1, -0.05) is 5.16 Å². The number of hydrogen-bond acceptors (Lipinski definition) is 3. The molecule has 1 atom stereocenters. The summed E-state index contributed by atoms with van der Waals surface area (Å²) in [7, 11) is 1.71. The van der Waals surface area contributed by atoms with Crippen molar-refractivity contribution in [2.24, 2.45) is 10.9 Å². The number of rotatable bonds is 4. The number of nitrogens with two attached hydrogens (primary N) is 1. The van der Waals surface area contributed by atoms with Gasteiger partial charge in [-0.25, -0.2) is 4.79 Å². The van der Waals surface area contributed by atoms with Crippen molar-refractivity contribution in [3.05, 3.63) is 0 Å². The molecule has 1 rings (SSSR count). The Morgan fingerprint density at radius 2 is 2.31 bits per heavy atom. The number of carbonyl (C=O) groups excluding carboxylic acids is 1. The Hall–Kier alpha value is -1.46. The lowest BCUT2D eigenvalue weighted by Gasteiger charge is -2.31. The lowest BCUT2D eigenvalue weighted by Crippen LogP contribution is -2.49. The minimum absolute atomic E-state index is 0.0871. The van der Waals surface area contributed by atoms with Crippen molar-refractivity contribution in [1.82, 2.24) is 10.2 Å². The molecule has 0 aromatic carbocycles. The second-order valence-corrected chi connectivity index (χ2v) is 4.33.